The van der Waals surface area contributed by atoms with E-state index in [1.807, 2.05) is 54.3 Å². The van der Waals surface area contributed by atoms with E-state index in [0.29, 0.717) is 42.1 Å². The lowest BCUT2D eigenvalue weighted by molar-refractivity contribution is -0.139. The Morgan fingerprint density at radius 2 is 1.79 bits per heavy atom. The van der Waals surface area contributed by atoms with Crippen molar-refractivity contribution >= 4 is 23.7 Å². The largest absolute Gasteiger partial charge is 0.463 e. The molecule has 1 N–H and O–H groups in total. The third kappa shape index (κ3) is 5.85. The number of benzene rings is 1. The van der Waals surface area contributed by atoms with Gasteiger partial charge in [-0.15, -0.1) is 0 Å². The van der Waals surface area contributed by atoms with Gasteiger partial charge < -0.3 is 23.9 Å². The van der Waals surface area contributed by atoms with Crippen molar-refractivity contribution in [3.05, 3.63) is 89.0 Å². The minimum absolute atomic E-state index is 0.209. The van der Waals surface area contributed by atoms with Gasteiger partial charge in [0.25, 0.3) is 0 Å². The van der Waals surface area contributed by atoms with Crippen LogP contribution in [0.2, 0.25) is 0 Å². The molecule has 3 aromatic rings. The molecule has 0 radical (unpaired) electrons. The molecule has 0 bridgehead atoms. The highest BCUT2D eigenvalue weighted by molar-refractivity contribution is 7.98. The number of aryl methyl sites for hydroxylation is 1. The van der Waals surface area contributed by atoms with Crippen LogP contribution in [0.5, 0.6) is 0 Å². The van der Waals surface area contributed by atoms with Crippen LogP contribution in [-0.4, -0.2) is 50.5 Å². The Kier molecular flexibility index (Phi) is 9.06. The molecule has 1 aliphatic heterocycles. The van der Waals surface area contributed by atoms with Crippen LogP contribution < -0.4 is 5.32 Å². The molecule has 1 aromatic carbocycles. The number of thioether (sulfide) groups is 1. The third-order valence-electron chi connectivity index (χ3n) is 6.33. The Balaban J connectivity index is 1.89. The summed E-state index contributed by atoms with van der Waals surface area (Å²) in [6.07, 6.45) is 9.55. The predicted molar refractivity (Wildman–Crippen MR) is 145 cm³/mol. The molecule has 2 aromatic heterocycles. The van der Waals surface area contributed by atoms with E-state index in [4.69, 9.17) is 9.47 Å². The number of esters is 2. The van der Waals surface area contributed by atoms with Gasteiger partial charge in [0.05, 0.1) is 48.5 Å². The third-order valence-corrected chi connectivity index (χ3v) is 7.02. The number of nitrogens with zero attached hydrogens (tertiary/aromatic N) is 4. The number of dihydropyridines is 1. The zero-order valence-corrected chi connectivity index (χ0v) is 23.0. The normalized spacial score (nSPS) is 15.4. The van der Waals surface area contributed by atoms with Crippen LogP contribution in [0.1, 0.15) is 44.4 Å². The van der Waals surface area contributed by atoms with E-state index in [-0.39, 0.29) is 13.2 Å². The lowest BCUT2D eigenvalue weighted by atomic mass is 9.82. The fourth-order valence-corrected chi connectivity index (χ4v) is 5.22. The van der Waals surface area contributed by atoms with Crippen LogP contribution in [0.25, 0.3) is 0 Å². The van der Waals surface area contributed by atoms with Crippen molar-refractivity contribution in [1.82, 2.24) is 24.4 Å². The number of hydrogen-bond donors (Lipinski definition) is 1. The first-order chi connectivity index (χ1) is 18.5. The number of allylic oxidation sites excluding steroid dienone is 2. The van der Waals surface area contributed by atoms with Gasteiger partial charge in [-0.25, -0.2) is 19.6 Å². The highest BCUT2D eigenvalue weighted by Gasteiger charge is 2.41. The van der Waals surface area contributed by atoms with Gasteiger partial charge in [0, 0.05) is 43.3 Å². The van der Waals surface area contributed by atoms with Crippen molar-refractivity contribution in [2.24, 2.45) is 0 Å². The topological polar surface area (TPSA) is 100 Å². The summed E-state index contributed by atoms with van der Waals surface area (Å²) >= 11 is 1.51. The Bertz CT molecular complexity index is 1330. The van der Waals surface area contributed by atoms with Crippen LogP contribution in [0, 0.1) is 0 Å². The molecule has 0 saturated heterocycles. The minimum Gasteiger partial charge on any atom is -0.463 e. The molecule has 3 heterocycles. The van der Waals surface area contributed by atoms with E-state index >= 15 is 0 Å². The second-order valence-electron chi connectivity index (χ2n) is 8.72. The summed E-state index contributed by atoms with van der Waals surface area (Å²) in [5.74, 6) is -1.67. The highest BCUT2D eigenvalue weighted by atomic mass is 32.2. The van der Waals surface area contributed by atoms with Gasteiger partial charge in [-0.3, -0.25) is 0 Å². The van der Waals surface area contributed by atoms with Gasteiger partial charge in [0.15, 0.2) is 5.16 Å². The van der Waals surface area contributed by atoms with E-state index in [2.05, 4.69) is 19.9 Å². The van der Waals surface area contributed by atoms with Crippen molar-refractivity contribution < 1.29 is 19.1 Å². The fraction of sp³-hybridized carbons (Fsp3) is 0.357. The summed E-state index contributed by atoms with van der Waals surface area (Å²) in [5.41, 5.74) is 3.92. The minimum atomic E-state index is -0.718. The number of carbonyl (C=O) groups excluding carboxylic acids is 2. The predicted octanol–water partition coefficient (Wildman–Crippen LogP) is 4.28. The fourth-order valence-electron chi connectivity index (χ4n) is 4.67. The van der Waals surface area contributed by atoms with Crippen molar-refractivity contribution in [3.8, 4) is 0 Å². The van der Waals surface area contributed by atoms with E-state index in [1.165, 1.54) is 11.8 Å². The SMILES string of the molecule is CCOC(=O)C1=C(C)NC(CCn2ccnc2)=C(C(=O)OCC)C1c1cnc(SC)n1Cc1ccccc1. The van der Waals surface area contributed by atoms with Crippen LogP contribution in [0.3, 0.4) is 0 Å². The van der Waals surface area contributed by atoms with Gasteiger partial charge >= 0.3 is 11.9 Å². The summed E-state index contributed by atoms with van der Waals surface area (Å²) in [6, 6.07) is 10.0. The van der Waals surface area contributed by atoms with Crippen molar-refractivity contribution in [1.29, 1.82) is 0 Å². The number of nitrogens with one attached hydrogen (secondary N) is 1. The second kappa shape index (κ2) is 12.6. The molecule has 10 heteroatoms. The van der Waals surface area contributed by atoms with Crippen molar-refractivity contribution in [2.75, 3.05) is 19.5 Å². The molecule has 9 nitrogen and oxygen atoms in total. The number of rotatable bonds is 11. The van der Waals surface area contributed by atoms with Gasteiger partial charge in [-0.05, 0) is 32.6 Å². The monoisotopic (exact) mass is 535 g/mol. The Morgan fingerprint density at radius 1 is 1.08 bits per heavy atom. The number of hydrogen-bond acceptors (Lipinski definition) is 8. The van der Waals surface area contributed by atoms with E-state index in [9.17, 15) is 9.59 Å². The average molecular weight is 536 g/mol. The molecule has 0 spiro atoms. The number of imidazole rings is 2. The molecule has 0 aliphatic carbocycles. The summed E-state index contributed by atoms with van der Waals surface area (Å²) in [4.78, 5) is 35.7. The number of aromatic nitrogens is 4. The zero-order chi connectivity index (χ0) is 27.1. The average Bonchev–Trinajstić information content (AvgIpc) is 3.57. The standard InChI is InChI=1S/C28H33N5O4S/c1-5-36-26(34)23-19(3)31-21(12-14-32-15-13-29-18-32)24(27(35)37-6-2)25(23)22-16-30-28(38-4)33(22)17-20-10-8-7-9-11-20/h7-11,13,15-16,18,25,31H,5-6,12,14,17H2,1-4H3. The summed E-state index contributed by atoms with van der Waals surface area (Å²) in [6.45, 7) is 6.93. The number of ether oxygens (including phenoxy) is 2. The molecular formula is C28H33N5O4S. The molecule has 0 saturated carbocycles. The van der Waals surface area contributed by atoms with Gasteiger partial charge in [0.1, 0.15) is 0 Å². The smallest absolute Gasteiger partial charge is 0.336 e. The van der Waals surface area contributed by atoms with Gasteiger partial charge in [0.2, 0.25) is 0 Å². The Morgan fingerprint density at radius 3 is 2.42 bits per heavy atom. The summed E-state index contributed by atoms with van der Waals surface area (Å²) in [5, 5.41) is 4.12. The molecule has 38 heavy (non-hydrogen) atoms. The zero-order valence-electron chi connectivity index (χ0n) is 22.1. The Hall–Kier alpha value is -3.79. The first kappa shape index (κ1) is 27.3. The molecule has 1 atom stereocenters. The maximum absolute atomic E-state index is 13.6. The van der Waals surface area contributed by atoms with Gasteiger partial charge in [-0.2, -0.15) is 0 Å². The van der Waals surface area contributed by atoms with Crippen LogP contribution in [0.4, 0.5) is 0 Å². The van der Waals surface area contributed by atoms with Crippen LogP contribution >= 0.6 is 11.8 Å². The van der Waals surface area contributed by atoms with Crippen LogP contribution in [-0.2, 0) is 32.2 Å². The lowest BCUT2D eigenvalue weighted by Crippen LogP contribution is -2.34. The maximum Gasteiger partial charge on any atom is 0.336 e. The summed E-state index contributed by atoms with van der Waals surface area (Å²) < 4.78 is 15.0. The van der Waals surface area contributed by atoms with E-state index in [0.717, 1.165) is 16.4 Å². The summed E-state index contributed by atoms with van der Waals surface area (Å²) in [7, 11) is 0. The van der Waals surface area contributed by atoms with Gasteiger partial charge in [-0.1, -0.05) is 42.1 Å². The number of carbonyl (C=O) groups is 2. The molecule has 4 rings (SSSR count). The first-order valence-electron chi connectivity index (χ1n) is 12.6. The van der Waals surface area contributed by atoms with Crippen molar-refractivity contribution in [3.63, 3.8) is 0 Å². The Labute approximate surface area is 227 Å². The molecule has 0 amide bonds. The van der Waals surface area contributed by atoms with E-state index in [1.54, 1.807) is 32.6 Å². The van der Waals surface area contributed by atoms with Crippen molar-refractivity contribution in [2.45, 2.75) is 51.4 Å². The maximum atomic E-state index is 13.6. The molecule has 200 valence electrons. The molecular weight excluding hydrogens is 502 g/mol. The highest BCUT2D eigenvalue weighted by Crippen LogP contribution is 2.41. The molecule has 0 fully saturated rings. The molecule has 1 aliphatic rings. The quantitative estimate of drug-likeness (QED) is 0.287. The second-order valence-corrected chi connectivity index (χ2v) is 9.50. The molecule has 1 unspecified atom stereocenters. The van der Waals surface area contributed by atoms with Crippen LogP contribution in [0.15, 0.2) is 82.9 Å². The van der Waals surface area contributed by atoms with E-state index < -0.39 is 17.9 Å². The first-order valence-corrected chi connectivity index (χ1v) is 13.8. The lowest BCUT2D eigenvalue weighted by Gasteiger charge is -2.32.